The van der Waals surface area contributed by atoms with Crippen molar-refractivity contribution in [3.63, 3.8) is 0 Å². The molecular weight excluding hydrogens is 406 g/mol. The molecule has 0 fully saturated rings. The number of ether oxygens (including phenoxy) is 3. The normalized spacial score (nSPS) is 13.6. The fraction of sp³-hybridized carbons (Fsp3) is 0.318. The molecule has 8 heteroatoms. The van der Waals surface area contributed by atoms with Gasteiger partial charge in [-0.2, -0.15) is 0 Å². The Hall–Kier alpha value is -3.00. The number of benzene rings is 2. The summed E-state index contributed by atoms with van der Waals surface area (Å²) in [6.45, 7) is 0. The Morgan fingerprint density at radius 2 is 1.83 bits per heavy atom. The van der Waals surface area contributed by atoms with Crippen LogP contribution in [0, 0.1) is 0 Å². The molecule has 0 heterocycles. The smallest absolute Gasteiger partial charge is 0.330 e. The van der Waals surface area contributed by atoms with E-state index in [2.05, 4.69) is 9.46 Å². The maximum absolute atomic E-state index is 13.3. The highest BCUT2D eigenvalue weighted by atomic mass is 32.2. The molecule has 0 saturated heterocycles. The van der Waals surface area contributed by atoms with E-state index in [1.165, 1.54) is 45.1 Å². The number of nitrogens with one attached hydrogen (secondary N) is 1. The van der Waals surface area contributed by atoms with Crippen LogP contribution in [-0.2, 0) is 32.4 Å². The number of aryl methyl sites for hydroxylation is 1. The average molecular weight is 432 g/mol. The first-order chi connectivity index (χ1) is 14.4. The molecule has 7 nitrogen and oxygen atoms in total. The number of esters is 1. The second-order valence-corrected chi connectivity index (χ2v) is 8.52. The minimum Gasteiger partial charge on any atom is -0.493 e. The number of carbonyl (C=O) groups is 1. The van der Waals surface area contributed by atoms with Gasteiger partial charge in [-0.15, -0.1) is 0 Å². The van der Waals surface area contributed by atoms with Crippen LogP contribution in [0.3, 0.4) is 0 Å². The highest BCUT2D eigenvalue weighted by Crippen LogP contribution is 2.38. The van der Waals surface area contributed by atoms with Gasteiger partial charge in [-0.25, -0.2) is 13.2 Å². The Bertz CT molecular complexity index is 1080. The van der Waals surface area contributed by atoms with Gasteiger partial charge in [0, 0.05) is 6.08 Å². The standard InChI is InChI=1S/C22H25NO6S/c1-27-19-13-15(11-12-21(24)28-2)14-20(22(19)29-3)30(25,26)23-18-10-6-8-16-7-4-5-9-17(16)18/h6,8,10-14,23H,4-5,7,9H2,1-3H3/b12-11+. The number of hydrogen-bond donors (Lipinski definition) is 1. The fourth-order valence-electron chi connectivity index (χ4n) is 3.55. The van der Waals surface area contributed by atoms with E-state index in [1.807, 2.05) is 12.1 Å². The van der Waals surface area contributed by atoms with Crippen LogP contribution in [-0.4, -0.2) is 35.7 Å². The summed E-state index contributed by atoms with van der Waals surface area (Å²) in [5, 5.41) is 0. The van der Waals surface area contributed by atoms with Gasteiger partial charge in [0.2, 0.25) is 0 Å². The quantitative estimate of drug-likeness (QED) is 0.532. The monoisotopic (exact) mass is 431 g/mol. The number of methoxy groups -OCH3 is 3. The molecular formula is C22H25NO6S. The Kier molecular flexibility index (Phi) is 6.66. The SMILES string of the molecule is COC(=O)/C=C/c1cc(OC)c(OC)c(S(=O)(=O)Nc2cccc3c2CCCC3)c1. The molecule has 2 aromatic carbocycles. The maximum Gasteiger partial charge on any atom is 0.330 e. The lowest BCUT2D eigenvalue weighted by Gasteiger charge is -2.21. The molecule has 0 aromatic heterocycles. The molecule has 1 N–H and O–H groups in total. The predicted octanol–water partition coefficient (Wildman–Crippen LogP) is 3.57. The molecule has 0 atom stereocenters. The van der Waals surface area contributed by atoms with Crippen molar-refractivity contribution in [1.29, 1.82) is 0 Å². The summed E-state index contributed by atoms with van der Waals surface area (Å²) in [6, 6.07) is 8.68. The Morgan fingerprint density at radius 3 is 2.53 bits per heavy atom. The second kappa shape index (κ2) is 9.21. The van der Waals surface area contributed by atoms with Crippen LogP contribution in [0.15, 0.2) is 41.3 Å². The number of hydrogen-bond acceptors (Lipinski definition) is 6. The van der Waals surface area contributed by atoms with Gasteiger partial charge >= 0.3 is 5.97 Å². The van der Waals surface area contributed by atoms with Gasteiger partial charge in [-0.3, -0.25) is 4.72 Å². The topological polar surface area (TPSA) is 90.9 Å². The van der Waals surface area contributed by atoms with E-state index in [0.717, 1.165) is 31.2 Å². The van der Waals surface area contributed by atoms with Crippen molar-refractivity contribution in [2.45, 2.75) is 30.6 Å². The van der Waals surface area contributed by atoms with Gasteiger partial charge in [0.25, 0.3) is 10.0 Å². The first kappa shape index (κ1) is 21.7. The van der Waals surface area contributed by atoms with Gasteiger partial charge in [0.15, 0.2) is 11.5 Å². The van der Waals surface area contributed by atoms with Gasteiger partial charge in [-0.1, -0.05) is 12.1 Å². The van der Waals surface area contributed by atoms with Gasteiger partial charge in [0.05, 0.1) is 27.0 Å². The summed E-state index contributed by atoms with van der Waals surface area (Å²) >= 11 is 0. The molecule has 0 unspecified atom stereocenters. The van der Waals surface area contributed by atoms with Crippen molar-refractivity contribution in [1.82, 2.24) is 0 Å². The highest BCUT2D eigenvalue weighted by molar-refractivity contribution is 7.92. The van der Waals surface area contributed by atoms with E-state index in [0.29, 0.717) is 11.3 Å². The van der Waals surface area contributed by atoms with E-state index in [-0.39, 0.29) is 16.4 Å². The van der Waals surface area contributed by atoms with Gasteiger partial charge < -0.3 is 14.2 Å². The summed E-state index contributed by atoms with van der Waals surface area (Å²) in [6.07, 6.45) is 6.56. The molecule has 0 aliphatic heterocycles. The van der Waals surface area contributed by atoms with E-state index in [9.17, 15) is 13.2 Å². The first-order valence-electron chi connectivity index (χ1n) is 9.55. The second-order valence-electron chi connectivity index (χ2n) is 6.87. The molecule has 0 spiro atoms. The van der Waals surface area contributed by atoms with Crippen LogP contribution in [0.5, 0.6) is 11.5 Å². The largest absolute Gasteiger partial charge is 0.493 e. The number of anilines is 1. The van der Waals surface area contributed by atoms with Crippen molar-refractivity contribution in [2.24, 2.45) is 0 Å². The minimum atomic E-state index is -3.99. The maximum atomic E-state index is 13.3. The van der Waals surface area contributed by atoms with Crippen LogP contribution in [0.2, 0.25) is 0 Å². The van der Waals surface area contributed by atoms with Gasteiger partial charge in [0.1, 0.15) is 4.90 Å². The third-order valence-corrected chi connectivity index (χ3v) is 6.38. The van der Waals surface area contributed by atoms with Crippen LogP contribution >= 0.6 is 0 Å². The number of carbonyl (C=O) groups excluding carboxylic acids is 1. The molecule has 1 aliphatic carbocycles. The zero-order valence-corrected chi connectivity index (χ0v) is 18.0. The zero-order chi connectivity index (χ0) is 21.7. The fourth-order valence-corrected chi connectivity index (χ4v) is 4.86. The molecule has 0 radical (unpaired) electrons. The van der Waals surface area contributed by atoms with E-state index in [4.69, 9.17) is 9.47 Å². The lowest BCUT2D eigenvalue weighted by molar-refractivity contribution is -0.134. The average Bonchev–Trinajstić information content (AvgIpc) is 2.76. The Balaban J connectivity index is 2.06. The molecule has 160 valence electrons. The summed E-state index contributed by atoms with van der Waals surface area (Å²) in [5.41, 5.74) is 3.22. The summed E-state index contributed by atoms with van der Waals surface area (Å²) < 4.78 is 44.6. The van der Waals surface area contributed by atoms with Crippen LogP contribution in [0.25, 0.3) is 6.08 Å². The van der Waals surface area contributed by atoms with Crippen LogP contribution < -0.4 is 14.2 Å². The van der Waals surface area contributed by atoms with Crippen molar-refractivity contribution < 1.29 is 27.4 Å². The number of rotatable bonds is 7. The van der Waals surface area contributed by atoms with Crippen LogP contribution in [0.4, 0.5) is 5.69 Å². The Morgan fingerprint density at radius 1 is 1.07 bits per heavy atom. The van der Waals surface area contributed by atoms with E-state index < -0.39 is 16.0 Å². The summed E-state index contributed by atoms with van der Waals surface area (Å²) in [4.78, 5) is 11.3. The zero-order valence-electron chi connectivity index (χ0n) is 17.2. The van der Waals surface area contributed by atoms with Gasteiger partial charge in [-0.05, 0) is 66.6 Å². The molecule has 2 aromatic rings. The lowest BCUT2D eigenvalue weighted by Crippen LogP contribution is -2.17. The Labute approximate surface area is 176 Å². The van der Waals surface area contributed by atoms with Crippen molar-refractivity contribution in [3.05, 3.63) is 53.1 Å². The van der Waals surface area contributed by atoms with Crippen molar-refractivity contribution in [2.75, 3.05) is 26.1 Å². The van der Waals surface area contributed by atoms with Crippen molar-refractivity contribution >= 4 is 27.8 Å². The van der Waals surface area contributed by atoms with Crippen LogP contribution in [0.1, 0.15) is 29.5 Å². The number of sulfonamides is 1. The molecule has 3 rings (SSSR count). The minimum absolute atomic E-state index is 0.0812. The molecule has 0 bridgehead atoms. The van der Waals surface area contributed by atoms with E-state index in [1.54, 1.807) is 12.1 Å². The lowest BCUT2D eigenvalue weighted by atomic mass is 9.91. The third-order valence-electron chi connectivity index (χ3n) is 5.01. The third kappa shape index (κ3) is 4.59. The number of fused-ring (bicyclic) bond motifs is 1. The first-order valence-corrected chi connectivity index (χ1v) is 11.0. The highest BCUT2D eigenvalue weighted by Gasteiger charge is 2.25. The molecule has 0 saturated carbocycles. The summed E-state index contributed by atoms with van der Waals surface area (Å²) in [5.74, 6) is -0.228. The predicted molar refractivity (Wildman–Crippen MR) is 114 cm³/mol. The molecule has 30 heavy (non-hydrogen) atoms. The van der Waals surface area contributed by atoms with Crippen molar-refractivity contribution in [3.8, 4) is 11.5 Å². The summed E-state index contributed by atoms with van der Waals surface area (Å²) in [7, 11) is 0.0715. The molecule has 1 aliphatic rings. The molecule has 0 amide bonds. The van der Waals surface area contributed by atoms with E-state index >= 15 is 0 Å².